The molecule has 0 saturated carbocycles. The molecule has 0 aromatic carbocycles. The van der Waals surface area contributed by atoms with Crippen LogP contribution >= 0.6 is 0 Å². The van der Waals surface area contributed by atoms with Crippen molar-refractivity contribution in [1.29, 1.82) is 0 Å². The molecule has 0 spiro atoms. The van der Waals surface area contributed by atoms with Crippen molar-refractivity contribution in [1.82, 2.24) is 0 Å². The third kappa shape index (κ3) is 10.6. The Hall–Kier alpha value is 0.576. The molecule has 0 fully saturated rings. The normalized spacial score (nSPS) is 9.67. The van der Waals surface area contributed by atoms with Gasteiger partial charge in [-0.1, -0.05) is 0 Å². The maximum absolute atomic E-state index is 10.6. The number of hydrogen-bond acceptors (Lipinski definition) is 4. The molecule has 5 heteroatoms. The van der Waals surface area contributed by atoms with E-state index in [1.54, 1.807) is 20.8 Å². The van der Waals surface area contributed by atoms with Crippen LogP contribution in [0.1, 0.15) is 27.7 Å². The predicted molar refractivity (Wildman–Crippen MR) is 45.1 cm³/mol. The first-order valence-corrected chi connectivity index (χ1v) is 3.22. The van der Waals surface area contributed by atoms with E-state index in [1.165, 1.54) is 0 Å². The van der Waals surface area contributed by atoms with Gasteiger partial charge in [0.2, 0.25) is 0 Å². The minimum atomic E-state index is -0.954. The first-order valence-electron chi connectivity index (χ1n) is 3.22. The fraction of sp³-hybridized carbons (Fsp3) is 0.714. The van der Waals surface area contributed by atoms with Gasteiger partial charge in [-0.05, 0) is 20.8 Å². The fourth-order valence-electron chi connectivity index (χ4n) is 0.388. The predicted octanol–water partition coefficient (Wildman–Crippen LogP) is 0.836. The molecule has 0 atom stereocenters. The van der Waals surface area contributed by atoms with E-state index in [4.69, 9.17) is 0 Å². The molecule has 0 aliphatic rings. The molecule has 0 N–H and O–H groups in total. The summed E-state index contributed by atoms with van der Waals surface area (Å²) in [5, 5.41) is 0. The molecule has 0 amide bonds. The second-order valence-electron chi connectivity index (χ2n) is 3.06. The number of ether oxygens (including phenoxy) is 2. The van der Waals surface area contributed by atoms with Crippen LogP contribution in [0.15, 0.2) is 0 Å². The average Bonchev–Trinajstić information content (AvgIpc) is 1.53. The Labute approximate surface area is 114 Å². The van der Waals surface area contributed by atoms with Crippen molar-refractivity contribution in [2.75, 3.05) is 0 Å². The van der Waals surface area contributed by atoms with E-state index in [0.717, 1.165) is 6.92 Å². The van der Waals surface area contributed by atoms with Crippen molar-refractivity contribution >= 4 is 63.5 Å². The van der Waals surface area contributed by atoms with E-state index < -0.39 is 17.7 Å². The summed E-state index contributed by atoms with van der Waals surface area (Å²) in [6.45, 7) is 6.21. The molecule has 4 nitrogen and oxygen atoms in total. The van der Waals surface area contributed by atoms with Crippen LogP contribution < -0.4 is 0 Å². The van der Waals surface area contributed by atoms with Gasteiger partial charge in [0, 0.05) is 6.92 Å². The van der Waals surface area contributed by atoms with Crippen LogP contribution in [0.25, 0.3) is 0 Å². The van der Waals surface area contributed by atoms with Gasteiger partial charge in [0.05, 0.1) is 0 Å². The second-order valence-corrected chi connectivity index (χ2v) is 3.06. The van der Waals surface area contributed by atoms with Crippen LogP contribution in [-0.4, -0.2) is 69.1 Å². The molecule has 0 rings (SSSR count). The number of hydrogen-bond donors (Lipinski definition) is 0. The van der Waals surface area contributed by atoms with Crippen molar-refractivity contribution in [2.45, 2.75) is 33.3 Å². The number of esters is 1. The summed E-state index contributed by atoms with van der Waals surface area (Å²) in [6, 6.07) is 0. The van der Waals surface area contributed by atoms with E-state index in [1.807, 2.05) is 0 Å². The van der Waals surface area contributed by atoms with E-state index in [9.17, 15) is 9.59 Å². The van der Waals surface area contributed by atoms with Crippen molar-refractivity contribution in [3.05, 3.63) is 0 Å². The summed E-state index contributed by atoms with van der Waals surface area (Å²) in [4.78, 5) is 20.8. The van der Waals surface area contributed by atoms with E-state index in [2.05, 4.69) is 9.47 Å². The molecule has 0 aromatic heterocycles. The molecular formula is C7H13KO4. The summed E-state index contributed by atoms with van der Waals surface area (Å²) < 4.78 is 8.79. The summed E-state index contributed by atoms with van der Waals surface area (Å²) in [6.07, 6.45) is -0.954. The van der Waals surface area contributed by atoms with Crippen LogP contribution in [0, 0.1) is 0 Å². The zero-order chi connectivity index (χ0) is 9.07. The van der Waals surface area contributed by atoms with Crippen molar-refractivity contribution < 1.29 is 19.1 Å². The molecule has 0 unspecified atom stereocenters. The third-order valence-corrected chi connectivity index (χ3v) is 0.617. The van der Waals surface area contributed by atoms with Crippen LogP contribution in [-0.2, 0) is 14.3 Å². The number of carbonyl (C=O) groups excluding carboxylic acids is 2. The van der Waals surface area contributed by atoms with Gasteiger partial charge in [0.15, 0.2) is 0 Å². The molecule has 0 radical (unpaired) electrons. The van der Waals surface area contributed by atoms with Gasteiger partial charge < -0.3 is 9.47 Å². The van der Waals surface area contributed by atoms with Gasteiger partial charge >= 0.3 is 63.5 Å². The second kappa shape index (κ2) is 6.09. The zero-order valence-corrected chi connectivity index (χ0v) is 7.13. The van der Waals surface area contributed by atoms with E-state index in [0.29, 0.717) is 0 Å². The van der Waals surface area contributed by atoms with Gasteiger partial charge in [-0.2, -0.15) is 0 Å². The van der Waals surface area contributed by atoms with Gasteiger partial charge in [-0.3, -0.25) is 4.79 Å². The molecule has 12 heavy (non-hydrogen) atoms. The van der Waals surface area contributed by atoms with Gasteiger partial charge in [-0.25, -0.2) is 4.79 Å². The molecule has 0 aliphatic heterocycles. The van der Waals surface area contributed by atoms with Gasteiger partial charge in [-0.15, -0.1) is 0 Å². The van der Waals surface area contributed by atoms with E-state index in [-0.39, 0.29) is 51.4 Å². The number of rotatable bonds is 0. The standard InChI is InChI=1S/C7H12O4.K.H/c1-5(8)10-6(9)11-7(2,3)4;;/h1-4H3;;. The Bertz CT molecular complexity index is 171. The van der Waals surface area contributed by atoms with Crippen LogP contribution in [0.2, 0.25) is 0 Å². The molecule has 0 aromatic rings. The molecule has 0 heterocycles. The Morgan fingerprint density at radius 2 is 1.58 bits per heavy atom. The summed E-state index contributed by atoms with van der Waals surface area (Å²) in [5.41, 5.74) is -0.619. The first kappa shape index (κ1) is 15.1. The molecule has 0 aliphatic carbocycles. The SMILES string of the molecule is CC(=O)OC(=O)OC(C)(C)C.[KH]. The molecule has 0 saturated heterocycles. The van der Waals surface area contributed by atoms with Crippen LogP contribution in [0.3, 0.4) is 0 Å². The number of carbonyl (C=O) groups is 2. The summed E-state index contributed by atoms with van der Waals surface area (Å²) >= 11 is 0. The van der Waals surface area contributed by atoms with Crippen LogP contribution in [0.4, 0.5) is 4.79 Å². The Morgan fingerprint density at radius 3 is 1.83 bits per heavy atom. The van der Waals surface area contributed by atoms with Crippen molar-refractivity contribution in [2.24, 2.45) is 0 Å². The van der Waals surface area contributed by atoms with E-state index >= 15 is 0 Å². The van der Waals surface area contributed by atoms with Gasteiger partial charge in [0.25, 0.3) is 0 Å². The minimum absolute atomic E-state index is 0. The molecule has 66 valence electrons. The monoisotopic (exact) mass is 200 g/mol. The van der Waals surface area contributed by atoms with Crippen molar-refractivity contribution in [3.63, 3.8) is 0 Å². The topological polar surface area (TPSA) is 52.6 Å². The Kier molecular flexibility index (Phi) is 7.65. The zero-order valence-electron chi connectivity index (χ0n) is 7.13. The Morgan fingerprint density at radius 1 is 1.17 bits per heavy atom. The summed E-state index contributed by atoms with van der Waals surface area (Å²) in [5.74, 6) is -0.667. The Balaban J connectivity index is 0. The maximum atomic E-state index is 10.6. The molecular weight excluding hydrogens is 187 g/mol. The first-order chi connectivity index (χ1) is 4.81. The average molecular weight is 200 g/mol. The van der Waals surface area contributed by atoms with Crippen molar-refractivity contribution in [3.8, 4) is 0 Å². The van der Waals surface area contributed by atoms with Gasteiger partial charge in [0.1, 0.15) is 5.60 Å². The van der Waals surface area contributed by atoms with Crippen LogP contribution in [0.5, 0.6) is 0 Å². The summed E-state index contributed by atoms with van der Waals surface area (Å²) in [7, 11) is 0. The quantitative estimate of drug-likeness (QED) is 0.330. The third-order valence-electron chi connectivity index (χ3n) is 0.617. The fourth-order valence-corrected chi connectivity index (χ4v) is 0.388. The molecule has 0 bridgehead atoms.